The van der Waals surface area contributed by atoms with Gasteiger partial charge in [-0.1, -0.05) is 18.7 Å². The number of hydrazone groups is 1. The van der Waals surface area contributed by atoms with E-state index >= 15 is 0 Å². The summed E-state index contributed by atoms with van der Waals surface area (Å²) in [6.07, 6.45) is 5.48. The highest BCUT2D eigenvalue weighted by Crippen LogP contribution is 1.85. The Morgan fingerprint density at radius 1 is 1.67 bits per heavy atom. The van der Waals surface area contributed by atoms with Gasteiger partial charge < -0.3 is 5.43 Å². The average Bonchev–Trinajstić information content (AvgIpc) is 1.85. The molecule has 0 aromatic heterocycles. The van der Waals surface area contributed by atoms with Crippen molar-refractivity contribution in [3.05, 3.63) is 24.3 Å². The molecular weight excluding hydrogens is 112 g/mol. The zero-order valence-corrected chi connectivity index (χ0v) is 5.89. The van der Waals surface area contributed by atoms with Gasteiger partial charge in [0.05, 0.1) is 6.21 Å². The summed E-state index contributed by atoms with van der Waals surface area (Å²) in [5.41, 5.74) is 3.53. The number of nitrogens with one attached hydrogen (secondary N) is 1. The number of hydrogen-bond acceptors (Lipinski definition) is 2. The van der Waals surface area contributed by atoms with Crippen LogP contribution in [0.15, 0.2) is 29.4 Å². The minimum absolute atomic E-state index is 0.895. The summed E-state index contributed by atoms with van der Waals surface area (Å²) in [4.78, 5) is 0. The molecule has 50 valence electrons. The van der Waals surface area contributed by atoms with Crippen LogP contribution in [0.4, 0.5) is 0 Å². The quantitative estimate of drug-likeness (QED) is 0.342. The second-order valence-electron chi connectivity index (χ2n) is 1.56. The summed E-state index contributed by atoms with van der Waals surface area (Å²) in [6.45, 7) is 5.65. The van der Waals surface area contributed by atoms with E-state index in [0.29, 0.717) is 0 Å². The Morgan fingerprint density at radius 2 is 2.33 bits per heavy atom. The summed E-state index contributed by atoms with van der Waals surface area (Å²) in [7, 11) is 1.75. The van der Waals surface area contributed by atoms with Crippen molar-refractivity contribution in [2.45, 2.75) is 6.92 Å². The fourth-order valence-corrected chi connectivity index (χ4v) is 0.405. The topological polar surface area (TPSA) is 24.4 Å². The Bertz CT molecular complexity index is 134. The first-order valence-corrected chi connectivity index (χ1v) is 2.82. The molecule has 0 bridgehead atoms. The number of nitrogens with zero attached hydrogens (tertiary/aromatic N) is 1. The zero-order valence-electron chi connectivity index (χ0n) is 5.89. The predicted molar refractivity (Wildman–Crippen MR) is 41.5 cm³/mol. The summed E-state index contributed by atoms with van der Waals surface area (Å²) >= 11 is 0. The summed E-state index contributed by atoms with van der Waals surface area (Å²) in [5, 5.41) is 3.76. The number of hydrogen-bond donors (Lipinski definition) is 1. The summed E-state index contributed by atoms with van der Waals surface area (Å²) in [5.74, 6) is 0. The molecule has 0 fully saturated rings. The van der Waals surface area contributed by atoms with Gasteiger partial charge in [0.15, 0.2) is 0 Å². The molecule has 0 unspecified atom stereocenters. The highest BCUT2D eigenvalue weighted by Gasteiger charge is 1.75. The largest absolute Gasteiger partial charge is 0.313 e. The molecule has 0 saturated carbocycles. The first-order valence-electron chi connectivity index (χ1n) is 2.82. The van der Waals surface area contributed by atoms with Crippen molar-refractivity contribution < 1.29 is 0 Å². The molecule has 1 N–H and O–H groups in total. The summed E-state index contributed by atoms with van der Waals surface area (Å²) < 4.78 is 0. The second kappa shape index (κ2) is 5.09. The zero-order chi connectivity index (χ0) is 7.11. The van der Waals surface area contributed by atoms with Crippen LogP contribution in [0, 0.1) is 0 Å². The van der Waals surface area contributed by atoms with Crippen LogP contribution in [0.3, 0.4) is 0 Å². The lowest BCUT2D eigenvalue weighted by Crippen LogP contribution is -1.93. The Kier molecular flexibility index (Phi) is 4.50. The molecule has 2 nitrogen and oxygen atoms in total. The van der Waals surface area contributed by atoms with Crippen molar-refractivity contribution in [3.63, 3.8) is 0 Å². The van der Waals surface area contributed by atoms with Crippen LogP contribution in [0.1, 0.15) is 6.92 Å². The van der Waals surface area contributed by atoms with Crippen molar-refractivity contribution in [3.8, 4) is 0 Å². The van der Waals surface area contributed by atoms with E-state index in [-0.39, 0.29) is 0 Å². The molecule has 9 heavy (non-hydrogen) atoms. The molecule has 0 aromatic carbocycles. The van der Waals surface area contributed by atoms with Crippen LogP contribution < -0.4 is 5.43 Å². The molecule has 0 saturated heterocycles. The molecule has 0 spiro atoms. The monoisotopic (exact) mass is 124 g/mol. The van der Waals surface area contributed by atoms with E-state index in [1.54, 1.807) is 13.3 Å². The first kappa shape index (κ1) is 7.95. The standard InChI is InChI=1S/C7H12N2/c1-4-5-7(2)6-9-8-3/h4-6,8H,2H2,1,3H3/b5-4-,9-6-. The first-order chi connectivity index (χ1) is 4.31. The highest BCUT2D eigenvalue weighted by atomic mass is 15.3. The maximum atomic E-state index is 3.76. The molecule has 0 aliphatic heterocycles. The lowest BCUT2D eigenvalue weighted by molar-refractivity contribution is 0.908. The molecule has 0 radical (unpaired) electrons. The number of rotatable bonds is 3. The van der Waals surface area contributed by atoms with Crippen LogP contribution in [0.2, 0.25) is 0 Å². The molecular formula is C7H12N2. The maximum absolute atomic E-state index is 3.76. The molecule has 0 aromatic rings. The van der Waals surface area contributed by atoms with Crippen LogP contribution >= 0.6 is 0 Å². The molecule has 0 aliphatic carbocycles. The van der Waals surface area contributed by atoms with Crippen LogP contribution in [0.5, 0.6) is 0 Å². The van der Waals surface area contributed by atoms with E-state index in [1.165, 1.54) is 0 Å². The fourth-order valence-electron chi connectivity index (χ4n) is 0.405. The van der Waals surface area contributed by atoms with Gasteiger partial charge in [-0.05, 0) is 12.5 Å². The van der Waals surface area contributed by atoms with Gasteiger partial charge in [-0.3, -0.25) is 0 Å². The molecule has 0 amide bonds. The molecule has 0 atom stereocenters. The van der Waals surface area contributed by atoms with E-state index in [4.69, 9.17) is 0 Å². The Labute approximate surface area is 56.0 Å². The molecule has 0 rings (SSSR count). The van der Waals surface area contributed by atoms with Gasteiger partial charge in [-0.2, -0.15) is 5.10 Å². The minimum Gasteiger partial charge on any atom is -0.313 e. The van der Waals surface area contributed by atoms with Crippen molar-refractivity contribution in [2.75, 3.05) is 7.05 Å². The van der Waals surface area contributed by atoms with Gasteiger partial charge in [0.25, 0.3) is 0 Å². The van der Waals surface area contributed by atoms with Gasteiger partial charge in [0.1, 0.15) is 0 Å². The van der Waals surface area contributed by atoms with Crippen LogP contribution in [0.25, 0.3) is 0 Å². The van der Waals surface area contributed by atoms with Crippen molar-refractivity contribution in [1.29, 1.82) is 0 Å². The third kappa shape index (κ3) is 4.81. The fraction of sp³-hybridized carbons (Fsp3) is 0.286. The van der Waals surface area contributed by atoms with Gasteiger partial charge in [0, 0.05) is 7.05 Å². The van der Waals surface area contributed by atoms with E-state index in [1.807, 2.05) is 19.1 Å². The Balaban J connectivity index is 3.63. The third-order valence-electron chi connectivity index (χ3n) is 0.740. The molecule has 2 heteroatoms. The predicted octanol–water partition coefficient (Wildman–Crippen LogP) is 1.32. The van der Waals surface area contributed by atoms with Crippen LogP contribution in [-0.4, -0.2) is 13.3 Å². The van der Waals surface area contributed by atoms with Crippen molar-refractivity contribution in [2.24, 2.45) is 5.10 Å². The SMILES string of the molecule is C=C(/C=C\C)/C=N\NC. The van der Waals surface area contributed by atoms with E-state index in [0.717, 1.165) is 5.57 Å². The Hall–Kier alpha value is -1.05. The smallest absolute Gasteiger partial charge is 0.0534 e. The van der Waals surface area contributed by atoms with E-state index < -0.39 is 0 Å². The Morgan fingerprint density at radius 3 is 2.78 bits per heavy atom. The van der Waals surface area contributed by atoms with Gasteiger partial charge >= 0.3 is 0 Å². The lowest BCUT2D eigenvalue weighted by Gasteiger charge is -1.86. The average molecular weight is 124 g/mol. The van der Waals surface area contributed by atoms with Crippen molar-refractivity contribution >= 4 is 6.21 Å². The van der Waals surface area contributed by atoms with Gasteiger partial charge in [-0.25, -0.2) is 0 Å². The van der Waals surface area contributed by atoms with Crippen molar-refractivity contribution in [1.82, 2.24) is 5.43 Å². The maximum Gasteiger partial charge on any atom is 0.0534 e. The normalized spacial score (nSPS) is 10.9. The van der Waals surface area contributed by atoms with Gasteiger partial charge in [-0.15, -0.1) is 0 Å². The third-order valence-corrected chi connectivity index (χ3v) is 0.740. The second-order valence-corrected chi connectivity index (χ2v) is 1.56. The van der Waals surface area contributed by atoms with E-state index in [9.17, 15) is 0 Å². The molecule has 0 heterocycles. The minimum atomic E-state index is 0.895. The highest BCUT2D eigenvalue weighted by molar-refractivity contribution is 5.80. The number of allylic oxidation sites excluding steroid dienone is 3. The van der Waals surface area contributed by atoms with E-state index in [2.05, 4.69) is 17.1 Å². The molecule has 0 aliphatic rings. The van der Waals surface area contributed by atoms with Crippen LogP contribution in [-0.2, 0) is 0 Å². The van der Waals surface area contributed by atoms with Gasteiger partial charge in [0.2, 0.25) is 0 Å². The lowest BCUT2D eigenvalue weighted by atomic mass is 10.3. The summed E-state index contributed by atoms with van der Waals surface area (Å²) in [6, 6.07) is 0.